The molecule has 0 fully saturated rings. The van der Waals surface area contributed by atoms with Crippen LogP contribution in [0.3, 0.4) is 0 Å². The highest BCUT2D eigenvalue weighted by Gasteiger charge is 2.17. The highest BCUT2D eigenvalue weighted by Crippen LogP contribution is 2.38. The summed E-state index contributed by atoms with van der Waals surface area (Å²) < 4.78 is 10.4. The predicted molar refractivity (Wildman–Crippen MR) is 79.8 cm³/mol. The third-order valence-corrected chi connectivity index (χ3v) is 3.41. The van der Waals surface area contributed by atoms with Crippen LogP contribution in [0, 0.1) is 6.92 Å². The smallest absolute Gasteiger partial charge is 0.179 e. The summed E-state index contributed by atoms with van der Waals surface area (Å²) in [7, 11) is 3.07. The Kier molecular flexibility index (Phi) is 4.53. The molecule has 2 rings (SSSR count). The maximum atomic E-state index is 10.5. The average Bonchev–Trinajstić information content (AvgIpc) is 2.45. The zero-order chi connectivity index (χ0) is 14.7. The largest absolute Gasteiger partial charge is 0.493 e. The van der Waals surface area contributed by atoms with Crippen LogP contribution in [0.25, 0.3) is 0 Å². The van der Waals surface area contributed by atoms with E-state index in [1.807, 2.05) is 31.2 Å². The van der Waals surface area contributed by atoms with Crippen LogP contribution in [0.4, 0.5) is 0 Å². The lowest BCUT2D eigenvalue weighted by molar-refractivity contribution is 0.219. The minimum absolute atomic E-state index is 0.411. The number of methoxy groups -OCH3 is 2. The van der Waals surface area contributed by atoms with E-state index in [1.165, 1.54) is 14.2 Å². The Balaban J connectivity index is 2.45. The molecule has 1 N–H and O–H groups in total. The van der Waals surface area contributed by atoms with E-state index in [2.05, 4.69) is 0 Å². The highest BCUT2D eigenvalue weighted by molar-refractivity contribution is 6.32. The molecule has 1 atom stereocenters. The van der Waals surface area contributed by atoms with Crippen LogP contribution in [0.2, 0.25) is 5.02 Å². The molecule has 0 aliphatic carbocycles. The van der Waals surface area contributed by atoms with Gasteiger partial charge in [-0.25, -0.2) is 0 Å². The Morgan fingerprint density at radius 1 is 1.05 bits per heavy atom. The minimum atomic E-state index is -0.757. The molecule has 3 nitrogen and oxygen atoms in total. The lowest BCUT2D eigenvalue weighted by Crippen LogP contribution is -2.02. The standard InChI is InChI=1S/C16H17ClO3/c1-10-5-4-6-11(7-10)15(18)12-8-13(17)16(20-3)14(9-12)19-2/h4-9,15,18H,1-3H3. The summed E-state index contributed by atoms with van der Waals surface area (Å²) in [4.78, 5) is 0. The molecule has 20 heavy (non-hydrogen) atoms. The first-order chi connectivity index (χ1) is 9.56. The van der Waals surface area contributed by atoms with Gasteiger partial charge in [0.2, 0.25) is 0 Å². The van der Waals surface area contributed by atoms with Crippen molar-refractivity contribution in [3.63, 3.8) is 0 Å². The highest BCUT2D eigenvalue weighted by atomic mass is 35.5. The number of hydrogen-bond acceptors (Lipinski definition) is 3. The van der Waals surface area contributed by atoms with Crippen LogP contribution in [-0.2, 0) is 0 Å². The first-order valence-electron chi connectivity index (χ1n) is 6.23. The fourth-order valence-electron chi connectivity index (χ4n) is 2.13. The van der Waals surface area contributed by atoms with Crippen molar-refractivity contribution in [2.75, 3.05) is 14.2 Å². The topological polar surface area (TPSA) is 38.7 Å². The molecule has 2 aromatic carbocycles. The number of rotatable bonds is 4. The summed E-state index contributed by atoms with van der Waals surface area (Å²) in [5.41, 5.74) is 2.57. The molecule has 2 aromatic rings. The first-order valence-corrected chi connectivity index (χ1v) is 6.60. The zero-order valence-electron chi connectivity index (χ0n) is 11.7. The Bertz CT molecular complexity index is 611. The summed E-state index contributed by atoms with van der Waals surface area (Å²) in [5, 5.41) is 10.9. The van der Waals surface area contributed by atoms with Crippen molar-refractivity contribution in [1.82, 2.24) is 0 Å². The van der Waals surface area contributed by atoms with E-state index in [4.69, 9.17) is 21.1 Å². The van der Waals surface area contributed by atoms with Gasteiger partial charge in [0, 0.05) is 0 Å². The molecule has 0 saturated carbocycles. The van der Waals surface area contributed by atoms with E-state index < -0.39 is 6.10 Å². The molecule has 0 radical (unpaired) electrons. The summed E-state index contributed by atoms with van der Waals surface area (Å²) >= 11 is 6.16. The molecule has 0 aliphatic rings. The first kappa shape index (κ1) is 14.7. The Morgan fingerprint density at radius 2 is 1.80 bits per heavy atom. The normalized spacial score (nSPS) is 12.1. The maximum absolute atomic E-state index is 10.5. The van der Waals surface area contributed by atoms with Gasteiger partial charge < -0.3 is 14.6 Å². The number of benzene rings is 2. The van der Waals surface area contributed by atoms with Crippen molar-refractivity contribution in [2.24, 2.45) is 0 Å². The third-order valence-electron chi connectivity index (χ3n) is 3.13. The molecule has 0 aromatic heterocycles. The van der Waals surface area contributed by atoms with E-state index in [-0.39, 0.29) is 0 Å². The van der Waals surface area contributed by atoms with Gasteiger partial charge in [-0.2, -0.15) is 0 Å². The number of aliphatic hydroxyl groups is 1. The van der Waals surface area contributed by atoms with Crippen molar-refractivity contribution in [3.05, 3.63) is 58.1 Å². The van der Waals surface area contributed by atoms with Gasteiger partial charge in [-0.3, -0.25) is 0 Å². The second-order valence-corrected chi connectivity index (χ2v) is 4.96. The molecule has 0 bridgehead atoms. The molecule has 0 aliphatic heterocycles. The van der Waals surface area contributed by atoms with E-state index in [9.17, 15) is 5.11 Å². The zero-order valence-corrected chi connectivity index (χ0v) is 12.4. The number of halogens is 1. The summed E-state index contributed by atoms with van der Waals surface area (Å²) in [5.74, 6) is 0.969. The van der Waals surface area contributed by atoms with E-state index >= 15 is 0 Å². The fourth-order valence-corrected chi connectivity index (χ4v) is 2.42. The van der Waals surface area contributed by atoms with E-state index in [0.717, 1.165) is 11.1 Å². The van der Waals surface area contributed by atoms with Gasteiger partial charge in [-0.15, -0.1) is 0 Å². The third kappa shape index (κ3) is 2.89. The van der Waals surface area contributed by atoms with Gasteiger partial charge in [0.05, 0.1) is 19.2 Å². The van der Waals surface area contributed by atoms with Crippen LogP contribution in [0.5, 0.6) is 11.5 Å². The average molecular weight is 293 g/mol. The van der Waals surface area contributed by atoms with Gasteiger partial charge in [0.25, 0.3) is 0 Å². The number of ether oxygens (including phenoxy) is 2. The summed E-state index contributed by atoms with van der Waals surface area (Å²) in [6.45, 7) is 1.98. The second-order valence-electron chi connectivity index (χ2n) is 4.55. The molecule has 0 saturated heterocycles. The molecular formula is C16H17ClO3. The molecule has 0 spiro atoms. The second kappa shape index (κ2) is 6.16. The quantitative estimate of drug-likeness (QED) is 0.933. The van der Waals surface area contributed by atoms with Gasteiger partial charge in [0.15, 0.2) is 11.5 Å². The van der Waals surface area contributed by atoms with E-state index in [1.54, 1.807) is 12.1 Å². The van der Waals surface area contributed by atoms with Gasteiger partial charge in [-0.05, 0) is 30.2 Å². The van der Waals surface area contributed by atoms with Crippen molar-refractivity contribution in [1.29, 1.82) is 0 Å². The molecule has 106 valence electrons. The summed E-state index contributed by atoms with van der Waals surface area (Å²) in [6.07, 6.45) is -0.757. The lowest BCUT2D eigenvalue weighted by Gasteiger charge is -2.16. The fraction of sp³-hybridized carbons (Fsp3) is 0.250. The van der Waals surface area contributed by atoms with Gasteiger partial charge in [0.1, 0.15) is 6.10 Å². The SMILES string of the molecule is COc1cc(C(O)c2cccc(C)c2)cc(Cl)c1OC. The van der Waals surface area contributed by atoms with Crippen molar-refractivity contribution in [3.8, 4) is 11.5 Å². The number of aliphatic hydroxyl groups excluding tert-OH is 1. The minimum Gasteiger partial charge on any atom is -0.493 e. The van der Waals surface area contributed by atoms with Crippen molar-refractivity contribution >= 4 is 11.6 Å². The Morgan fingerprint density at radius 3 is 2.40 bits per heavy atom. The lowest BCUT2D eigenvalue weighted by atomic mass is 9.99. The van der Waals surface area contributed by atoms with Crippen LogP contribution < -0.4 is 9.47 Å². The van der Waals surface area contributed by atoms with Crippen molar-refractivity contribution in [2.45, 2.75) is 13.0 Å². The molecule has 0 amide bonds. The van der Waals surface area contributed by atoms with Crippen LogP contribution in [-0.4, -0.2) is 19.3 Å². The molecule has 0 heterocycles. The maximum Gasteiger partial charge on any atom is 0.179 e. The number of aryl methyl sites for hydroxylation is 1. The van der Waals surface area contributed by atoms with Gasteiger partial charge >= 0.3 is 0 Å². The molecular weight excluding hydrogens is 276 g/mol. The Hall–Kier alpha value is -1.71. The van der Waals surface area contributed by atoms with Crippen LogP contribution in [0.15, 0.2) is 36.4 Å². The molecule has 1 unspecified atom stereocenters. The number of hydrogen-bond donors (Lipinski definition) is 1. The summed E-state index contributed by atoms with van der Waals surface area (Å²) in [6, 6.07) is 11.1. The van der Waals surface area contributed by atoms with Crippen LogP contribution in [0.1, 0.15) is 22.8 Å². The Labute approximate surface area is 123 Å². The monoisotopic (exact) mass is 292 g/mol. The van der Waals surface area contributed by atoms with Gasteiger partial charge in [-0.1, -0.05) is 41.4 Å². The van der Waals surface area contributed by atoms with Crippen LogP contribution >= 0.6 is 11.6 Å². The molecule has 4 heteroatoms. The predicted octanol–water partition coefficient (Wildman–Crippen LogP) is 3.75. The van der Waals surface area contributed by atoms with Crippen molar-refractivity contribution < 1.29 is 14.6 Å². The van der Waals surface area contributed by atoms with E-state index in [0.29, 0.717) is 22.1 Å².